The van der Waals surface area contributed by atoms with E-state index in [2.05, 4.69) is 15.2 Å². The standard InChI is InChI=1S/C28H24Cl3FN4O/c1-17-4-5-18(11-24(17)32)3-2-9-35-10-7-25-21(16-35)20-13-22(29)23(30)14-26(20)36(25)28(37)34-15-19-6-8-33-27(31)12-19/h2-6,8,11-14H,7,9-10,15-16H2,1H3,(H,34,37)/b3-2+. The van der Waals surface area contributed by atoms with Crippen molar-refractivity contribution in [1.29, 1.82) is 0 Å². The van der Waals surface area contributed by atoms with Gasteiger partial charge in [0.2, 0.25) is 0 Å². The summed E-state index contributed by atoms with van der Waals surface area (Å²) in [4.78, 5) is 19.6. The van der Waals surface area contributed by atoms with Crippen LogP contribution in [0, 0.1) is 12.7 Å². The molecule has 9 heteroatoms. The summed E-state index contributed by atoms with van der Waals surface area (Å²) in [5.74, 6) is -0.210. The maximum Gasteiger partial charge on any atom is 0.326 e. The van der Waals surface area contributed by atoms with Gasteiger partial charge in [-0.25, -0.2) is 14.2 Å². The number of aryl methyl sites for hydroxylation is 1. The average molecular weight is 558 g/mol. The fourth-order valence-corrected chi connectivity index (χ4v) is 5.17. The first-order valence-corrected chi connectivity index (χ1v) is 13.0. The molecule has 190 valence electrons. The highest BCUT2D eigenvalue weighted by molar-refractivity contribution is 6.42. The first-order valence-electron chi connectivity index (χ1n) is 11.8. The number of benzene rings is 2. The van der Waals surface area contributed by atoms with Crippen LogP contribution in [0.4, 0.5) is 9.18 Å². The zero-order chi connectivity index (χ0) is 26.1. The van der Waals surface area contributed by atoms with Gasteiger partial charge in [0, 0.05) is 49.9 Å². The number of amides is 1. The molecule has 0 fully saturated rings. The molecule has 5 nitrogen and oxygen atoms in total. The lowest BCUT2D eigenvalue weighted by Crippen LogP contribution is -2.34. The first kappa shape index (κ1) is 25.7. The first-order chi connectivity index (χ1) is 17.8. The van der Waals surface area contributed by atoms with E-state index < -0.39 is 0 Å². The van der Waals surface area contributed by atoms with Crippen LogP contribution in [0.15, 0.2) is 54.7 Å². The lowest BCUT2D eigenvalue weighted by molar-refractivity contribution is 0.240. The van der Waals surface area contributed by atoms with Crippen LogP contribution in [0.2, 0.25) is 15.2 Å². The number of nitrogens with one attached hydrogen (secondary N) is 1. The fourth-order valence-electron chi connectivity index (χ4n) is 4.65. The molecule has 0 saturated carbocycles. The molecule has 0 saturated heterocycles. The normalized spacial score (nSPS) is 13.9. The van der Waals surface area contributed by atoms with Gasteiger partial charge < -0.3 is 5.32 Å². The second-order valence-corrected chi connectivity index (χ2v) is 10.3. The Kier molecular flexibility index (Phi) is 7.54. The average Bonchev–Trinajstić information content (AvgIpc) is 3.17. The maximum absolute atomic E-state index is 13.9. The number of pyridine rings is 1. The zero-order valence-corrected chi connectivity index (χ0v) is 22.3. The monoisotopic (exact) mass is 556 g/mol. The van der Waals surface area contributed by atoms with Crippen molar-refractivity contribution < 1.29 is 9.18 Å². The molecular weight excluding hydrogens is 534 g/mol. The van der Waals surface area contributed by atoms with Crippen LogP contribution in [0.25, 0.3) is 17.0 Å². The summed E-state index contributed by atoms with van der Waals surface area (Å²) < 4.78 is 15.6. The maximum atomic E-state index is 13.9. The second kappa shape index (κ2) is 10.8. The minimum Gasteiger partial charge on any atom is -0.333 e. The van der Waals surface area contributed by atoms with E-state index in [4.69, 9.17) is 34.8 Å². The van der Waals surface area contributed by atoms with E-state index in [0.717, 1.165) is 39.8 Å². The summed E-state index contributed by atoms with van der Waals surface area (Å²) in [6.07, 6.45) is 6.25. The van der Waals surface area contributed by atoms with Crippen molar-refractivity contribution in [2.45, 2.75) is 26.4 Å². The molecule has 0 spiro atoms. The van der Waals surface area contributed by atoms with Gasteiger partial charge in [-0.05, 0) is 59.5 Å². The number of nitrogens with zero attached hydrogens (tertiary/aromatic N) is 3. The Bertz CT molecular complexity index is 1530. The van der Waals surface area contributed by atoms with Crippen molar-refractivity contribution in [2.75, 3.05) is 13.1 Å². The second-order valence-electron chi connectivity index (χ2n) is 9.09. The van der Waals surface area contributed by atoms with Crippen molar-refractivity contribution in [3.8, 4) is 0 Å². The van der Waals surface area contributed by atoms with Gasteiger partial charge in [0.25, 0.3) is 0 Å². The Labute approximate surface area is 229 Å². The molecule has 37 heavy (non-hydrogen) atoms. The van der Waals surface area contributed by atoms with Crippen LogP contribution in [0.5, 0.6) is 0 Å². The summed E-state index contributed by atoms with van der Waals surface area (Å²) in [6, 6.07) is 12.1. The number of halogens is 4. The third kappa shape index (κ3) is 5.53. The van der Waals surface area contributed by atoms with E-state index in [-0.39, 0.29) is 11.8 Å². The molecule has 2 aromatic carbocycles. The van der Waals surface area contributed by atoms with Crippen LogP contribution in [0.1, 0.15) is 27.9 Å². The Morgan fingerprint density at radius 2 is 1.95 bits per heavy atom. The van der Waals surface area contributed by atoms with E-state index in [1.54, 1.807) is 35.9 Å². The molecular formula is C28H24Cl3FN4O. The molecule has 1 N–H and O–H groups in total. The largest absolute Gasteiger partial charge is 0.333 e. The van der Waals surface area contributed by atoms with Gasteiger partial charge >= 0.3 is 6.03 Å². The highest BCUT2D eigenvalue weighted by Gasteiger charge is 2.27. The summed E-state index contributed by atoms with van der Waals surface area (Å²) in [7, 11) is 0. The van der Waals surface area contributed by atoms with Crippen molar-refractivity contribution in [3.05, 3.63) is 104 Å². The topological polar surface area (TPSA) is 50.2 Å². The number of rotatable bonds is 5. The molecule has 1 amide bonds. The molecule has 2 aromatic heterocycles. The van der Waals surface area contributed by atoms with Crippen LogP contribution < -0.4 is 5.32 Å². The van der Waals surface area contributed by atoms with Gasteiger partial charge in [0.15, 0.2) is 0 Å². The number of carbonyl (C=O) groups excluding carboxylic acids is 1. The van der Waals surface area contributed by atoms with Gasteiger partial charge in [-0.15, -0.1) is 0 Å². The number of hydrogen-bond acceptors (Lipinski definition) is 3. The molecule has 1 aliphatic heterocycles. The van der Waals surface area contributed by atoms with Gasteiger partial charge in [-0.1, -0.05) is 59.1 Å². The Morgan fingerprint density at radius 3 is 2.73 bits per heavy atom. The Balaban J connectivity index is 1.39. The number of aromatic nitrogens is 2. The fraction of sp³-hybridized carbons (Fsp3) is 0.214. The molecule has 5 rings (SSSR count). The van der Waals surface area contributed by atoms with Gasteiger partial charge in [0.05, 0.1) is 15.6 Å². The molecule has 4 aromatic rings. The predicted molar refractivity (Wildman–Crippen MR) is 148 cm³/mol. The minimum absolute atomic E-state index is 0.210. The quantitative estimate of drug-likeness (QED) is 0.263. The lowest BCUT2D eigenvalue weighted by Gasteiger charge is -2.27. The molecule has 3 heterocycles. The zero-order valence-electron chi connectivity index (χ0n) is 20.1. The summed E-state index contributed by atoms with van der Waals surface area (Å²) in [6.45, 7) is 4.17. The van der Waals surface area contributed by atoms with Crippen LogP contribution in [-0.4, -0.2) is 33.6 Å². The number of hydrogen-bond donors (Lipinski definition) is 1. The molecule has 0 aliphatic carbocycles. The van der Waals surface area contributed by atoms with Gasteiger partial charge in [-0.3, -0.25) is 9.47 Å². The van der Waals surface area contributed by atoms with Crippen LogP contribution in [-0.2, 0) is 19.5 Å². The number of carbonyl (C=O) groups is 1. The summed E-state index contributed by atoms with van der Waals surface area (Å²) >= 11 is 18.7. The van der Waals surface area contributed by atoms with E-state index in [9.17, 15) is 9.18 Å². The summed E-state index contributed by atoms with van der Waals surface area (Å²) in [5.41, 5.74) is 5.02. The third-order valence-electron chi connectivity index (χ3n) is 6.58. The van der Waals surface area contributed by atoms with E-state index >= 15 is 0 Å². The highest BCUT2D eigenvalue weighted by atomic mass is 35.5. The van der Waals surface area contributed by atoms with Crippen molar-refractivity contribution >= 4 is 57.8 Å². The molecule has 0 atom stereocenters. The van der Waals surface area contributed by atoms with Crippen LogP contribution in [0.3, 0.4) is 0 Å². The van der Waals surface area contributed by atoms with Crippen molar-refractivity contribution in [1.82, 2.24) is 19.8 Å². The van der Waals surface area contributed by atoms with E-state index in [1.165, 1.54) is 6.07 Å². The molecule has 0 bridgehead atoms. The molecule has 0 unspecified atom stereocenters. The Morgan fingerprint density at radius 1 is 1.14 bits per heavy atom. The van der Waals surface area contributed by atoms with Crippen molar-refractivity contribution in [3.63, 3.8) is 0 Å². The van der Waals surface area contributed by atoms with Crippen LogP contribution >= 0.6 is 34.8 Å². The van der Waals surface area contributed by atoms with Crippen molar-refractivity contribution in [2.24, 2.45) is 0 Å². The third-order valence-corrected chi connectivity index (χ3v) is 7.51. The lowest BCUT2D eigenvalue weighted by atomic mass is 10.0. The molecule has 0 radical (unpaired) electrons. The SMILES string of the molecule is Cc1ccc(/C=C/CN2CCc3c(c4cc(Cl)c(Cl)cc4n3C(=O)NCc3ccnc(Cl)c3)C2)cc1F. The summed E-state index contributed by atoms with van der Waals surface area (Å²) in [5, 5.41) is 5.10. The van der Waals surface area contributed by atoms with Gasteiger partial charge in [-0.2, -0.15) is 0 Å². The number of fused-ring (bicyclic) bond motifs is 3. The minimum atomic E-state index is -0.243. The Hall–Kier alpha value is -2.90. The predicted octanol–water partition coefficient (Wildman–Crippen LogP) is 7.27. The molecule has 1 aliphatic rings. The van der Waals surface area contributed by atoms with E-state index in [0.29, 0.717) is 46.8 Å². The van der Waals surface area contributed by atoms with E-state index in [1.807, 2.05) is 30.4 Å². The smallest absolute Gasteiger partial charge is 0.326 e. The van der Waals surface area contributed by atoms with Gasteiger partial charge in [0.1, 0.15) is 11.0 Å². The highest BCUT2D eigenvalue weighted by Crippen LogP contribution is 2.36.